The Hall–Kier alpha value is -3.81. The molecule has 0 bridgehead atoms. The van der Waals surface area contributed by atoms with Gasteiger partial charge in [0.15, 0.2) is 0 Å². The number of anilines is 2. The zero-order valence-electron chi connectivity index (χ0n) is 17.1. The minimum atomic E-state index is -0.275. The van der Waals surface area contributed by atoms with Crippen LogP contribution in [0.4, 0.5) is 11.9 Å². The molecular formula is C22H23N5O3. The van der Waals surface area contributed by atoms with Crippen molar-refractivity contribution in [2.24, 2.45) is 0 Å². The fourth-order valence-electron chi connectivity index (χ4n) is 2.75. The van der Waals surface area contributed by atoms with Gasteiger partial charge in [-0.15, -0.1) is 0 Å². The summed E-state index contributed by atoms with van der Waals surface area (Å²) >= 11 is 0. The fraction of sp³-hybridized carbons (Fsp3) is 0.227. The van der Waals surface area contributed by atoms with Gasteiger partial charge in [0.25, 0.3) is 0 Å². The highest BCUT2D eigenvalue weighted by molar-refractivity contribution is 5.92. The molecule has 2 aromatic carbocycles. The van der Waals surface area contributed by atoms with Gasteiger partial charge in [-0.2, -0.15) is 15.0 Å². The van der Waals surface area contributed by atoms with Crippen molar-refractivity contribution in [2.45, 2.75) is 26.7 Å². The van der Waals surface area contributed by atoms with E-state index in [-0.39, 0.29) is 36.6 Å². The van der Waals surface area contributed by atoms with Gasteiger partial charge in [0.2, 0.25) is 23.7 Å². The van der Waals surface area contributed by atoms with Crippen LogP contribution in [0.15, 0.2) is 48.5 Å². The molecule has 1 aromatic heterocycles. The highest BCUT2D eigenvalue weighted by atomic mass is 16.5. The standard InChI is InChI=1S/C22H23N5O3/c1-14-4-6-16(7-5-14)12-19(28)25-21-23-15(2)24-22(27-21)26-20(29)13-17-8-10-18(30-3)11-9-17/h4-11H,12-13H2,1-3H3,(H2,23,24,25,26,27,28,29). The van der Waals surface area contributed by atoms with Crippen molar-refractivity contribution in [2.75, 3.05) is 17.7 Å². The smallest absolute Gasteiger partial charge is 0.234 e. The topological polar surface area (TPSA) is 106 Å². The van der Waals surface area contributed by atoms with Gasteiger partial charge in [-0.05, 0) is 37.1 Å². The molecule has 2 N–H and O–H groups in total. The van der Waals surface area contributed by atoms with Gasteiger partial charge in [0.05, 0.1) is 20.0 Å². The van der Waals surface area contributed by atoms with Crippen LogP contribution in [-0.2, 0) is 22.4 Å². The Morgan fingerprint density at radius 3 is 1.70 bits per heavy atom. The van der Waals surface area contributed by atoms with E-state index in [0.717, 1.165) is 22.4 Å². The van der Waals surface area contributed by atoms with Crippen molar-refractivity contribution in [1.29, 1.82) is 0 Å². The first-order valence-electron chi connectivity index (χ1n) is 9.42. The Labute approximate surface area is 174 Å². The van der Waals surface area contributed by atoms with Crippen LogP contribution in [0.5, 0.6) is 5.75 Å². The lowest BCUT2D eigenvalue weighted by Gasteiger charge is -2.08. The number of amides is 2. The van der Waals surface area contributed by atoms with E-state index in [9.17, 15) is 9.59 Å². The summed E-state index contributed by atoms with van der Waals surface area (Å²) in [5.74, 6) is 0.766. The van der Waals surface area contributed by atoms with E-state index in [2.05, 4.69) is 25.6 Å². The number of aryl methyl sites for hydroxylation is 2. The molecular weight excluding hydrogens is 382 g/mol. The number of hydrogen-bond acceptors (Lipinski definition) is 6. The molecule has 0 atom stereocenters. The molecule has 0 aliphatic heterocycles. The first-order valence-corrected chi connectivity index (χ1v) is 9.42. The number of ether oxygens (including phenoxy) is 1. The van der Waals surface area contributed by atoms with Crippen LogP contribution in [-0.4, -0.2) is 33.9 Å². The number of nitrogens with zero attached hydrogens (tertiary/aromatic N) is 3. The number of aromatic nitrogens is 3. The predicted octanol–water partition coefficient (Wildman–Crippen LogP) is 2.86. The molecule has 154 valence electrons. The molecule has 0 unspecified atom stereocenters. The van der Waals surface area contributed by atoms with Crippen LogP contribution in [0.25, 0.3) is 0 Å². The Kier molecular flexibility index (Phi) is 6.69. The van der Waals surface area contributed by atoms with Gasteiger partial charge in [0, 0.05) is 0 Å². The number of rotatable bonds is 7. The van der Waals surface area contributed by atoms with Crippen LogP contribution in [0.3, 0.4) is 0 Å². The highest BCUT2D eigenvalue weighted by Gasteiger charge is 2.11. The zero-order chi connectivity index (χ0) is 21.5. The molecule has 0 saturated heterocycles. The lowest BCUT2D eigenvalue weighted by Crippen LogP contribution is -2.20. The van der Waals surface area contributed by atoms with E-state index < -0.39 is 0 Å². The second-order valence-corrected chi connectivity index (χ2v) is 6.81. The monoisotopic (exact) mass is 405 g/mol. The molecule has 0 aliphatic carbocycles. The van der Waals surface area contributed by atoms with E-state index in [1.807, 2.05) is 43.3 Å². The first kappa shape index (κ1) is 20.9. The number of carbonyl (C=O) groups excluding carboxylic acids is 2. The number of hydrogen-bond donors (Lipinski definition) is 2. The van der Waals surface area contributed by atoms with Gasteiger partial charge >= 0.3 is 0 Å². The summed E-state index contributed by atoms with van der Waals surface area (Å²) in [6, 6.07) is 14.9. The summed E-state index contributed by atoms with van der Waals surface area (Å²) < 4.78 is 5.11. The van der Waals surface area contributed by atoms with Gasteiger partial charge < -0.3 is 4.74 Å². The Bertz CT molecular complexity index is 1030. The van der Waals surface area contributed by atoms with Crippen molar-refractivity contribution >= 4 is 23.7 Å². The summed E-state index contributed by atoms with van der Waals surface area (Å²) in [4.78, 5) is 37.0. The Morgan fingerprint density at radius 1 is 0.767 bits per heavy atom. The third-order valence-electron chi connectivity index (χ3n) is 4.26. The SMILES string of the molecule is COc1ccc(CC(=O)Nc2nc(C)nc(NC(=O)Cc3ccc(C)cc3)n2)cc1. The lowest BCUT2D eigenvalue weighted by atomic mass is 10.1. The maximum atomic E-state index is 12.3. The summed E-state index contributed by atoms with van der Waals surface area (Å²) in [7, 11) is 1.59. The second-order valence-electron chi connectivity index (χ2n) is 6.81. The van der Waals surface area contributed by atoms with Crippen molar-refractivity contribution in [1.82, 2.24) is 15.0 Å². The van der Waals surface area contributed by atoms with Gasteiger partial charge in [-0.1, -0.05) is 42.0 Å². The molecule has 8 nitrogen and oxygen atoms in total. The first-order chi connectivity index (χ1) is 14.4. The maximum absolute atomic E-state index is 12.3. The molecule has 2 amide bonds. The number of benzene rings is 2. The van der Waals surface area contributed by atoms with Crippen molar-refractivity contribution < 1.29 is 14.3 Å². The molecule has 0 aliphatic rings. The van der Waals surface area contributed by atoms with E-state index in [1.165, 1.54) is 0 Å². The van der Waals surface area contributed by atoms with Gasteiger partial charge in [-0.3, -0.25) is 20.2 Å². The largest absolute Gasteiger partial charge is 0.497 e. The molecule has 0 radical (unpaired) electrons. The van der Waals surface area contributed by atoms with Gasteiger partial charge in [-0.25, -0.2) is 0 Å². The molecule has 0 saturated carbocycles. The molecule has 0 fully saturated rings. The van der Waals surface area contributed by atoms with Crippen molar-refractivity contribution in [3.63, 3.8) is 0 Å². The molecule has 3 aromatic rings. The fourth-order valence-corrected chi connectivity index (χ4v) is 2.75. The second kappa shape index (κ2) is 9.60. The summed E-state index contributed by atoms with van der Waals surface area (Å²) in [6.45, 7) is 3.65. The summed E-state index contributed by atoms with van der Waals surface area (Å²) in [5, 5.41) is 5.30. The van der Waals surface area contributed by atoms with E-state index in [0.29, 0.717) is 5.82 Å². The van der Waals surface area contributed by atoms with E-state index in [4.69, 9.17) is 4.74 Å². The maximum Gasteiger partial charge on any atom is 0.234 e. The number of methoxy groups -OCH3 is 1. The quantitative estimate of drug-likeness (QED) is 0.626. The van der Waals surface area contributed by atoms with E-state index >= 15 is 0 Å². The third-order valence-corrected chi connectivity index (χ3v) is 4.26. The average molecular weight is 405 g/mol. The van der Waals surface area contributed by atoms with Crippen LogP contribution in [0, 0.1) is 13.8 Å². The number of nitrogens with one attached hydrogen (secondary N) is 2. The number of carbonyl (C=O) groups is 2. The minimum Gasteiger partial charge on any atom is -0.497 e. The molecule has 0 spiro atoms. The highest BCUT2D eigenvalue weighted by Crippen LogP contribution is 2.13. The van der Waals surface area contributed by atoms with Crippen LogP contribution >= 0.6 is 0 Å². The molecule has 3 rings (SSSR count). The zero-order valence-corrected chi connectivity index (χ0v) is 17.1. The van der Waals surface area contributed by atoms with Crippen molar-refractivity contribution in [3.05, 3.63) is 71.0 Å². The minimum absolute atomic E-state index is 0.0895. The van der Waals surface area contributed by atoms with Gasteiger partial charge in [0.1, 0.15) is 11.6 Å². The Balaban J connectivity index is 1.61. The van der Waals surface area contributed by atoms with Crippen LogP contribution in [0.1, 0.15) is 22.5 Å². The predicted molar refractivity (Wildman–Crippen MR) is 113 cm³/mol. The summed E-state index contributed by atoms with van der Waals surface area (Å²) in [6.07, 6.45) is 0.355. The van der Waals surface area contributed by atoms with Crippen molar-refractivity contribution in [3.8, 4) is 5.75 Å². The molecule has 30 heavy (non-hydrogen) atoms. The normalized spacial score (nSPS) is 10.4. The Morgan fingerprint density at radius 2 is 1.23 bits per heavy atom. The van der Waals surface area contributed by atoms with Crippen LogP contribution < -0.4 is 15.4 Å². The lowest BCUT2D eigenvalue weighted by molar-refractivity contribution is -0.116. The molecule has 1 heterocycles. The summed E-state index contributed by atoms with van der Waals surface area (Å²) in [5.41, 5.74) is 2.84. The van der Waals surface area contributed by atoms with Crippen LogP contribution in [0.2, 0.25) is 0 Å². The third kappa shape index (κ3) is 6.10. The van der Waals surface area contributed by atoms with E-state index in [1.54, 1.807) is 26.2 Å². The average Bonchev–Trinajstić information content (AvgIpc) is 2.69. The molecule has 8 heteroatoms.